The monoisotopic (exact) mass is 348 g/mol. The minimum Gasteiger partial charge on any atom is -0.287 e. The topological polar surface area (TPSA) is 44.8 Å². The van der Waals surface area contributed by atoms with Crippen LogP contribution in [0.25, 0.3) is 0 Å². The van der Waals surface area contributed by atoms with Crippen LogP contribution in [-0.2, 0) is 18.1 Å². The maximum atomic E-state index is 13.0. The molecule has 0 aromatic rings. The molecule has 0 amide bonds. The molecule has 0 saturated carbocycles. The van der Waals surface area contributed by atoms with E-state index in [0.717, 1.165) is 0 Å². The largest absolute Gasteiger partial charge is 0.474 e. The first-order valence-corrected chi connectivity index (χ1v) is 7.23. The van der Waals surface area contributed by atoms with E-state index in [1.54, 1.807) is 0 Å². The van der Waals surface area contributed by atoms with Crippen molar-refractivity contribution < 1.29 is 48.9 Å². The molecular formula is C9H12F7O4P. The molecule has 1 aliphatic rings. The second-order valence-electron chi connectivity index (χ2n) is 4.22. The van der Waals surface area contributed by atoms with Gasteiger partial charge in [0.25, 0.3) is 0 Å². The van der Waals surface area contributed by atoms with Gasteiger partial charge in [0.2, 0.25) is 0 Å². The summed E-state index contributed by atoms with van der Waals surface area (Å²) >= 11 is 0. The molecule has 21 heavy (non-hydrogen) atoms. The molecule has 0 spiro atoms. The molecule has 1 fully saturated rings. The zero-order valence-electron chi connectivity index (χ0n) is 10.5. The molecule has 0 unspecified atom stereocenters. The van der Waals surface area contributed by atoms with Gasteiger partial charge in [0.15, 0.2) is 0 Å². The molecule has 1 saturated heterocycles. The van der Waals surface area contributed by atoms with E-state index in [9.17, 15) is 35.3 Å². The van der Waals surface area contributed by atoms with Gasteiger partial charge in [0, 0.05) is 0 Å². The van der Waals surface area contributed by atoms with Gasteiger partial charge in [-0.05, 0) is 19.3 Å². The van der Waals surface area contributed by atoms with Crippen molar-refractivity contribution in [2.45, 2.75) is 37.3 Å². The first-order valence-electron chi connectivity index (χ1n) is 5.77. The van der Waals surface area contributed by atoms with Gasteiger partial charge in [-0.15, -0.1) is 0 Å². The number of hydrogen-bond donors (Lipinski definition) is 0. The van der Waals surface area contributed by atoms with Crippen molar-refractivity contribution in [2.24, 2.45) is 0 Å². The standard InChI is InChI=1S/C9H12F7O4P/c10-7(11,8(12,13)9(14,15)16)6-20-21(17)18-4-2-1-3-5-19-21/h1-6H2. The van der Waals surface area contributed by atoms with E-state index < -0.39 is 32.5 Å². The first kappa shape index (κ1) is 18.7. The third-order valence-corrected chi connectivity index (χ3v) is 3.95. The Kier molecular flexibility index (Phi) is 5.68. The van der Waals surface area contributed by atoms with Crippen LogP contribution in [0.5, 0.6) is 0 Å². The Morgan fingerprint density at radius 1 is 0.905 bits per heavy atom. The molecule has 0 bridgehead atoms. The fraction of sp³-hybridized carbons (Fsp3) is 1.00. The highest BCUT2D eigenvalue weighted by molar-refractivity contribution is 7.48. The van der Waals surface area contributed by atoms with Gasteiger partial charge in [0.05, 0.1) is 13.2 Å². The summed E-state index contributed by atoms with van der Waals surface area (Å²) < 4.78 is 112. The molecule has 0 N–H and O–H groups in total. The first-order chi connectivity index (χ1) is 9.41. The molecule has 1 rings (SSSR count). The second kappa shape index (κ2) is 6.39. The lowest BCUT2D eigenvalue weighted by Crippen LogP contribution is -2.54. The van der Waals surface area contributed by atoms with Gasteiger partial charge in [-0.1, -0.05) is 0 Å². The van der Waals surface area contributed by atoms with E-state index in [1.807, 2.05) is 0 Å². The molecule has 0 radical (unpaired) electrons. The fourth-order valence-electron chi connectivity index (χ4n) is 1.30. The van der Waals surface area contributed by atoms with Crippen molar-refractivity contribution in [1.82, 2.24) is 0 Å². The quantitative estimate of drug-likeness (QED) is 0.565. The van der Waals surface area contributed by atoms with E-state index in [4.69, 9.17) is 0 Å². The van der Waals surface area contributed by atoms with Crippen molar-refractivity contribution in [1.29, 1.82) is 0 Å². The van der Waals surface area contributed by atoms with Gasteiger partial charge in [-0.2, -0.15) is 30.7 Å². The normalized spacial score (nSPS) is 21.7. The average molecular weight is 348 g/mol. The molecule has 4 nitrogen and oxygen atoms in total. The predicted octanol–water partition coefficient (Wildman–Crippen LogP) is 4.16. The van der Waals surface area contributed by atoms with Gasteiger partial charge < -0.3 is 0 Å². The smallest absolute Gasteiger partial charge is 0.287 e. The van der Waals surface area contributed by atoms with Crippen LogP contribution >= 0.6 is 7.82 Å². The molecule has 126 valence electrons. The summed E-state index contributed by atoms with van der Waals surface area (Å²) in [7, 11) is -4.58. The number of phosphoric acid groups is 1. The fourth-order valence-corrected chi connectivity index (χ4v) is 2.55. The van der Waals surface area contributed by atoms with Crippen LogP contribution in [0.1, 0.15) is 19.3 Å². The molecule has 0 aliphatic carbocycles. The Bertz CT molecular complexity index is 386. The summed E-state index contributed by atoms with van der Waals surface area (Å²) in [6.07, 6.45) is -5.06. The van der Waals surface area contributed by atoms with Gasteiger partial charge >= 0.3 is 25.8 Å². The zero-order valence-corrected chi connectivity index (χ0v) is 11.4. The molecule has 12 heteroatoms. The van der Waals surface area contributed by atoms with Crippen LogP contribution in [0.3, 0.4) is 0 Å². The van der Waals surface area contributed by atoms with Crippen LogP contribution < -0.4 is 0 Å². The van der Waals surface area contributed by atoms with Crippen molar-refractivity contribution in [3.8, 4) is 0 Å². The van der Waals surface area contributed by atoms with Crippen LogP contribution in [0.2, 0.25) is 0 Å². The van der Waals surface area contributed by atoms with E-state index in [0.29, 0.717) is 19.3 Å². The molecule has 0 aromatic carbocycles. The minimum absolute atomic E-state index is 0.210. The summed E-state index contributed by atoms with van der Waals surface area (Å²) in [5.41, 5.74) is 0. The lowest BCUT2D eigenvalue weighted by atomic mass is 10.2. The Labute approximate surface area is 115 Å². The summed E-state index contributed by atoms with van der Waals surface area (Å²) in [6, 6.07) is 0. The summed E-state index contributed by atoms with van der Waals surface area (Å²) in [6.45, 7) is -2.87. The van der Waals surface area contributed by atoms with Crippen molar-refractivity contribution in [3.05, 3.63) is 0 Å². The van der Waals surface area contributed by atoms with Crippen LogP contribution in [0.15, 0.2) is 0 Å². The highest BCUT2D eigenvalue weighted by Gasteiger charge is 2.73. The summed E-state index contributed by atoms with van der Waals surface area (Å²) in [5.74, 6) is -11.9. The number of rotatable bonds is 4. The van der Waals surface area contributed by atoms with Gasteiger partial charge in [0.1, 0.15) is 6.61 Å². The maximum absolute atomic E-state index is 13.0. The van der Waals surface area contributed by atoms with Crippen LogP contribution in [0.4, 0.5) is 30.7 Å². The second-order valence-corrected chi connectivity index (χ2v) is 5.89. The van der Waals surface area contributed by atoms with Gasteiger partial charge in [-0.3, -0.25) is 13.6 Å². The number of halogens is 7. The highest BCUT2D eigenvalue weighted by Crippen LogP contribution is 2.54. The Balaban J connectivity index is 2.73. The van der Waals surface area contributed by atoms with Crippen molar-refractivity contribution in [2.75, 3.05) is 19.8 Å². The minimum atomic E-state index is -6.48. The third kappa shape index (κ3) is 4.54. The number of phosphoric ester groups is 1. The lowest BCUT2D eigenvalue weighted by molar-refractivity contribution is -0.358. The van der Waals surface area contributed by atoms with E-state index in [2.05, 4.69) is 13.6 Å². The van der Waals surface area contributed by atoms with Crippen molar-refractivity contribution in [3.63, 3.8) is 0 Å². The predicted molar refractivity (Wildman–Crippen MR) is 55.3 cm³/mol. The van der Waals surface area contributed by atoms with Gasteiger partial charge in [-0.25, -0.2) is 4.57 Å². The zero-order chi connectivity index (χ0) is 16.4. The Morgan fingerprint density at radius 2 is 1.38 bits per heavy atom. The molecule has 1 heterocycles. The third-order valence-electron chi connectivity index (χ3n) is 2.51. The number of hydrogen-bond acceptors (Lipinski definition) is 4. The van der Waals surface area contributed by atoms with E-state index in [-0.39, 0.29) is 13.2 Å². The molecule has 0 aromatic heterocycles. The molecular weight excluding hydrogens is 336 g/mol. The van der Waals surface area contributed by atoms with E-state index in [1.165, 1.54) is 0 Å². The Morgan fingerprint density at radius 3 is 1.81 bits per heavy atom. The summed E-state index contributed by atoms with van der Waals surface area (Å²) in [4.78, 5) is 0. The summed E-state index contributed by atoms with van der Waals surface area (Å²) in [5, 5.41) is 0. The van der Waals surface area contributed by atoms with Crippen LogP contribution in [-0.4, -0.2) is 37.8 Å². The van der Waals surface area contributed by atoms with Crippen LogP contribution in [0, 0.1) is 0 Å². The highest BCUT2D eigenvalue weighted by atomic mass is 31.2. The van der Waals surface area contributed by atoms with Crippen molar-refractivity contribution >= 4 is 7.82 Å². The average Bonchev–Trinajstić information content (AvgIpc) is 2.31. The van der Waals surface area contributed by atoms with E-state index >= 15 is 0 Å². The Hall–Kier alpha value is -0.380. The molecule has 1 aliphatic heterocycles. The number of alkyl halides is 7. The molecule has 0 atom stereocenters. The SMILES string of the molecule is O=P1(OCC(F)(F)C(F)(F)C(F)(F)F)OCCCCCO1. The lowest BCUT2D eigenvalue weighted by Gasteiger charge is -2.29. The maximum Gasteiger partial charge on any atom is 0.474 e.